The number of benzene rings is 1. The van der Waals surface area contributed by atoms with E-state index >= 15 is 0 Å². The van der Waals surface area contributed by atoms with Crippen LogP contribution in [0.3, 0.4) is 0 Å². The molecule has 0 saturated heterocycles. The summed E-state index contributed by atoms with van der Waals surface area (Å²) in [5.41, 5.74) is 4.56. The van der Waals surface area contributed by atoms with Crippen LogP contribution < -0.4 is 10.1 Å². The topological polar surface area (TPSA) is 34.1 Å². The molecule has 106 valence electrons. The maximum absolute atomic E-state index is 5.89. The minimum atomic E-state index is 0.348. The van der Waals surface area contributed by atoms with E-state index in [2.05, 4.69) is 49.3 Å². The van der Waals surface area contributed by atoms with Crippen molar-refractivity contribution in [3.05, 3.63) is 58.9 Å². The lowest BCUT2D eigenvalue weighted by atomic mass is 10.1. The van der Waals surface area contributed by atoms with Gasteiger partial charge in [-0.2, -0.15) is 0 Å². The molecule has 0 aliphatic heterocycles. The zero-order chi connectivity index (χ0) is 14.5. The van der Waals surface area contributed by atoms with Gasteiger partial charge in [-0.1, -0.05) is 18.2 Å². The molecular formula is C17H22N2O. The molecule has 1 heterocycles. The third-order valence-corrected chi connectivity index (χ3v) is 3.61. The van der Waals surface area contributed by atoms with Crippen molar-refractivity contribution in [3.63, 3.8) is 0 Å². The van der Waals surface area contributed by atoms with Gasteiger partial charge in [0.2, 0.25) is 0 Å². The van der Waals surface area contributed by atoms with Gasteiger partial charge in [0.05, 0.1) is 5.69 Å². The fourth-order valence-electron chi connectivity index (χ4n) is 2.09. The molecule has 2 rings (SSSR count). The Hall–Kier alpha value is -1.87. The third-order valence-electron chi connectivity index (χ3n) is 3.61. The number of pyridine rings is 1. The molecule has 20 heavy (non-hydrogen) atoms. The highest BCUT2D eigenvalue weighted by atomic mass is 16.5. The maximum Gasteiger partial charge on any atom is 0.130 e. The minimum Gasteiger partial charge on any atom is -0.487 e. The zero-order valence-corrected chi connectivity index (χ0v) is 12.6. The molecule has 0 radical (unpaired) electrons. The Morgan fingerprint density at radius 3 is 2.65 bits per heavy atom. The molecule has 0 bridgehead atoms. The van der Waals surface area contributed by atoms with E-state index in [-0.39, 0.29) is 0 Å². The van der Waals surface area contributed by atoms with Gasteiger partial charge in [0, 0.05) is 12.2 Å². The van der Waals surface area contributed by atoms with Crippen LogP contribution in [0.4, 0.5) is 0 Å². The number of hydrogen-bond acceptors (Lipinski definition) is 3. The predicted octanol–water partition coefficient (Wildman–Crippen LogP) is 3.56. The Kier molecular flexibility index (Phi) is 4.74. The lowest BCUT2D eigenvalue weighted by Crippen LogP contribution is -2.12. The molecule has 1 aromatic carbocycles. The Labute approximate surface area is 121 Å². The minimum absolute atomic E-state index is 0.348. The summed E-state index contributed by atoms with van der Waals surface area (Å²) in [4.78, 5) is 4.35. The number of hydrogen-bond donors (Lipinski definition) is 1. The first kappa shape index (κ1) is 14.5. The highest BCUT2D eigenvalue weighted by molar-refractivity contribution is 5.37. The van der Waals surface area contributed by atoms with Crippen LogP contribution in [0.1, 0.15) is 35.3 Å². The summed E-state index contributed by atoms with van der Waals surface area (Å²) in [6, 6.07) is 10.7. The highest BCUT2D eigenvalue weighted by Gasteiger charge is 2.07. The van der Waals surface area contributed by atoms with E-state index in [0.717, 1.165) is 22.6 Å². The molecule has 0 amide bonds. The van der Waals surface area contributed by atoms with Crippen molar-refractivity contribution >= 4 is 0 Å². The summed E-state index contributed by atoms with van der Waals surface area (Å²) < 4.78 is 5.89. The van der Waals surface area contributed by atoms with E-state index in [1.54, 1.807) is 6.20 Å². The SMILES string of the molecule is CNC(C)c1ccc(OCc2ncccc2C)c(C)c1. The average molecular weight is 270 g/mol. The van der Waals surface area contributed by atoms with Crippen LogP contribution in [-0.2, 0) is 6.61 Å². The Morgan fingerprint density at radius 2 is 2.00 bits per heavy atom. The van der Waals surface area contributed by atoms with E-state index in [1.807, 2.05) is 19.2 Å². The Morgan fingerprint density at radius 1 is 1.20 bits per heavy atom. The van der Waals surface area contributed by atoms with Crippen LogP contribution in [0.5, 0.6) is 5.75 Å². The summed E-state index contributed by atoms with van der Waals surface area (Å²) in [7, 11) is 1.97. The van der Waals surface area contributed by atoms with Gasteiger partial charge in [-0.3, -0.25) is 4.98 Å². The number of ether oxygens (including phenoxy) is 1. The lowest BCUT2D eigenvalue weighted by molar-refractivity contribution is 0.298. The van der Waals surface area contributed by atoms with Crippen molar-refractivity contribution in [1.29, 1.82) is 0 Å². The van der Waals surface area contributed by atoms with E-state index in [9.17, 15) is 0 Å². The summed E-state index contributed by atoms with van der Waals surface area (Å²) in [5.74, 6) is 0.919. The van der Waals surface area contributed by atoms with Crippen molar-refractivity contribution in [1.82, 2.24) is 10.3 Å². The second-order valence-corrected chi connectivity index (χ2v) is 5.09. The predicted molar refractivity (Wildman–Crippen MR) is 82.0 cm³/mol. The molecule has 1 unspecified atom stereocenters. The second-order valence-electron chi connectivity index (χ2n) is 5.09. The van der Waals surface area contributed by atoms with Crippen LogP contribution in [0.15, 0.2) is 36.5 Å². The molecule has 0 aliphatic rings. The lowest BCUT2D eigenvalue weighted by Gasteiger charge is -2.14. The van der Waals surface area contributed by atoms with Gasteiger partial charge < -0.3 is 10.1 Å². The average Bonchev–Trinajstić information content (AvgIpc) is 2.46. The molecule has 0 spiro atoms. The summed E-state index contributed by atoms with van der Waals surface area (Å²) >= 11 is 0. The molecule has 1 N–H and O–H groups in total. The van der Waals surface area contributed by atoms with E-state index in [4.69, 9.17) is 4.74 Å². The first-order valence-corrected chi connectivity index (χ1v) is 6.93. The van der Waals surface area contributed by atoms with Crippen LogP contribution in [-0.4, -0.2) is 12.0 Å². The quantitative estimate of drug-likeness (QED) is 0.902. The summed E-state index contributed by atoms with van der Waals surface area (Å²) in [6.45, 7) is 6.78. The molecule has 0 aliphatic carbocycles. The fourth-order valence-corrected chi connectivity index (χ4v) is 2.09. The van der Waals surface area contributed by atoms with Crippen LogP contribution in [0.25, 0.3) is 0 Å². The number of aryl methyl sites for hydroxylation is 2. The summed E-state index contributed by atoms with van der Waals surface area (Å²) in [5, 5.41) is 3.24. The molecule has 0 saturated carbocycles. The number of rotatable bonds is 5. The number of nitrogens with one attached hydrogen (secondary N) is 1. The first-order chi connectivity index (χ1) is 9.61. The van der Waals surface area contributed by atoms with Gasteiger partial charge in [-0.25, -0.2) is 0 Å². The largest absolute Gasteiger partial charge is 0.487 e. The fraction of sp³-hybridized carbons (Fsp3) is 0.353. The summed E-state index contributed by atoms with van der Waals surface area (Å²) in [6.07, 6.45) is 1.80. The monoisotopic (exact) mass is 270 g/mol. The smallest absolute Gasteiger partial charge is 0.130 e. The Balaban J connectivity index is 2.09. The van der Waals surface area contributed by atoms with Gasteiger partial charge in [0.25, 0.3) is 0 Å². The van der Waals surface area contributed by atoms with Crippen molar-refractivity contribution < 1.29 is 4.74 Å². The molecular weight excluding hydrogens is 248 g/mol. The van der Waals surface area contributed by atoms with Crippen molar-refractivity contribution in [2.75, 3.05) is 7.05 Å². The van der Waals surface area contributed by atoms with Gasteiger partial charge in [0.1, 0.15) is 12.4 Å². The van der Waals surface area contributed by atoms with Crippen molar-refractivity contribution in [2.45, 2.75) is 33.4 Å². The standard InChI is InChI=1S/C17H22N2O/c1-12-6-5-9-19-16(12)11-20-17-8-7-15(10-13(17)2)14(3)18-4/h5-10,14,18H,11H2,1-4H3. The molecule has 3 nitrogen and oxygen atoms in total. The number of aromatic nitrogens is 1. The molecule has 2 aromatic rings. The molecule has 1 aromatic heterocycles. The normalized spacial score (nSPS) is 12.2. The van der Waals surface area contributed by atoms with Gasteiger partial charge in [-0.15, -0.1) is 0 Å². The van der Waals surface area contributed by atoms with Crippen LogP contribution in [0, 0.1) is 13.8 Å². The maximum atomic E-state index is 5.89. The Bertz CT molecular complexity index is 581. The second kappa shape index (κ2) is 6.53. The molecule has 0 fully saturated rings. The zero-order valence-electron chi connectivity index (χ0n) is 12.6. The van der Waals surface area contributed by atoms with E-state index in [0.29, 0.717) is 12.6 Å². The molecule has 3 heteroatoms. The number of nitrogens with zero attached hydrogens (tertiary/aromatic N) is 1. The van der Waals surface area contributed by atoms with E-state index < -0.39 is 0 Å². The third kappa shape index (κ3) is 3.36. The first-order valence-electron chi connectivity index (χ1n) is 6.93. The van der Waals surface area contributed by atoms with E-state index in [1.165, 1.54) is 5.56 Å². The van der Waals surface area contributed by atoms with Crippen LogP contribution >= 0.6 is 0 Å². The van der Waals surface area contributed by atoms with Crippen molar-refractivity contribution in [2.24, 2.45) is 0 Å². The molecule has 1 atom stereocenters. The highest BCUT2D eigenvalue weighted by Crippen LogP contribution is 2.23. The van der Waals surface area contributed by atoms with Crippen LogP contribution in [0.2, 0.25) is 0 Å². The van der Waals surface area contributed by atoms with Gasteiger partial charge in [-0.05, 0) is 56.6 Å². The van der Waals surface area contributed by atoms with Gasteiger partial charge >= 0.3 is 0 Å². The van der Waals surface area contributed by atoms with Crippen molar-refractivity contribution in [3.8, 4) is 5.75 Å². The van der Waals surface area contributed by atoms with Gasteiger partial charge in [0.15, 0.2) is 0 Å².